The number of pyridine rings is 1. The first-order chi connectivity index (χ1) is 13.3. The van der Waals surface area contributed by atoms with Gasteiger partial charge >= 0.3 is 0 Å². The van der Waals surface area contributed by atoms with Crippen LogP contribution in [0.1, 0.15) is 34.9 Å². The molecule has 5 rings (SSSR count). The largest absolute Gasteiger partial charge is 0.330 e. The van der Waals surface area contributed by atoms with Gasteiger partial charge in [0.1, 0.15) is 5.69 Å². The van der Waals surface area contributed by atoms with Crippen LogP contribution in [0.4, 0.5) is 0 Å². The van der Waals surface area contributed by atoms with Crippen molar-refractivity contribution in [3.63, 3.8) is 0 Å². The fourth-order valence-electron chi connectivity index (χ4n) is 4.30. The molecule has 0 bridgehead atoms. The van der Waals surface area contributed by atoms with E-state index in [0.29, 0.717) is 5.69 Å². The Kier molecular flexibility index (Phi) is 3.86. The lowest BCUT2D eigenvalue weighted by Gasteiger charge is -2.26. The molecule has 27 heavy (non-hydrogen) atoms. The summed E-state index contributed by atoms with van der Waals surface area (Å²) >= 11 is 0. The van der Waals surface area contributed by atoms with Crippen molar-refractivity contribution in [1.82, 2.24) is 9.88 Å². The summed E-state index contributed by atoms with van der Waals surface area (Å²) in [6, 6.07) is 24.8. The second-order valence-corrected chi connectivity index (χ2v) is 7.11. The van der Waals surface area contributed by atoms with Crippen LogP contribution in [0, 0.1) is 0 Å². The van der Waals surface area contributed by atoms with Gasteiger partial charge in [-0.05, 0) is 40.6 Å². The topological polar surface area (TPSA) is 33.2 Å². The summed E-state index contributed by atoms with van der Waals surface area (Å²) in [5.74, 6) is 0.0298. The number of rotatable bonds is 2. The highest BCUT2D eigenvalue weighted by Crippen LogP contribution is 2.37. The monoisotopic (exact) mass is 352 g/mol. The quantitative estimate of drug-likeness (QED) is 0.486. The summed E-state index contributed by atoms with van der Waals surface area (Å²) < 4.78 is 0. The van der Waals surface area contributed by atoms with Crippen molar-refractivity contribution in [3.8, 4) is 0 Å². The molecule has 1 aromatic heterocycles. The lowest BCUT2D eigenvalue weighted by Crippen LogP contribution is -2.31. The first-order valence-corrected chi connectivity index (χ1v) is 9.45. The Labute approximate surface area is 158 Å². The van der Waals surface area contributed by atoms with E-state index in [1.54, 1.807) is 6.20 Å². The lowest BCUT2D eigenvalue weighted by molar-refractivity contribution is 0.0733. The summed E-state index contributed by atoms with van der Waals surface area (Å²) in [6.07, 6.45) is 3.74. The summed E-state index contributed by atoms with van der Waals surface area (Å²) in [6.45, 7) is 0.775. The zero-order valence-corrected chi connectivity index (χ0v) is 15.0. The van der Waals surface area contributed by atoms with E-state index in [4.69, 9.17) is 0 Å². The van der Waals surface area contributed by atoms with Crippen molar-refractivity contribution in [1.29, 1.82) is 0 Å². The van der Waals surface area contributed by atoms with E-state index in [1.165, 1.54) is 16.3 Å². The molecule has 4 aromatic rings. The molecule has 1 aliphatic rings. The molecule has 1 atom stereocenters. The Morgan fingerprint density at radius 2 is 1.56 bits per heavy atom. The fraction of sp³-hybridized carbons (Fsp3) is 0.167. The molecule has 3 nitrogen and oxygen atoms in total. The second-order valence-electron chi connectivity index (χ2n) is 7.11. The molecule has 132 valence electrons. The van der Waals surface area contributed by atoms with Crippen molar-refractivity contribution in [2.75, 3.05) is 6.54 Å². The van der Waals surface area contributed by atoms with Crippen LogP contribution < -0.4 is 0 Å². The van der Waals surface area contributed by atoms with Gasteiger partial charge in [0, 0.05) is 18.1 Å². The van der Waals surface area contributed by atoms with Crippen LogP contribution >= 0.6 is 0 Å². The summed E-state index contributed by atoms with van der Waals surface area (Å²) in [7, 11) is 0. The van der Waals surface area contributed by atoms with E-state index in [2.05, 4.69) is 47.4 Å². The fourth-order valence-corrected chi connectivity index (χ4v) is 4.30. The highest BCUT2D eigenvalue weighted by atomic mass is 16.2. The van der Waals surface area contributed by atoms with E-state index in [9.17, 15) is 4.79 Å². The van der Waals surface area contributed by atoms with Gasteiger partial charge < -0.3 is 4.90 Å². The maximum Gasteiger partial charge on any atom is 0.273 e. The standard InChI is InChI=1S/C24H20N2O/c27-24(23-20-11-4-2-8-18(20)14-15-25-23)26-16-6-13-22(26)21-12-5-9-17-7-1-3-10-19(17)21/h1-5,7-12,14-15,22H,6,13,16H2. The lowest BCUT2D eigenvalue weighted by atomic mass is 9.97. The average Bonchev–Trinajstić information content (AvgIpc) is 3.22. The molecular weight excluding hydrogens is 332 g/mol. The number of amides is 1. The normalized spacial score (nSPS) is 16.9. The average molecular weight is 352 g/mol. The minimum atomic E-state index is 0.0298. The number of carbonyl (C=O) groups is 1. The van der Waals surface area contributed by atoms with Crippen molar-refractivity contribution < 1.29 is 4.79 Å². The second kappa shape index (κ2) is 6.51. The zero-order chi connectivity index (χ0) is 18.2. The van der Waals surface area contributed by atoms with Crippen molar-refractivity contribution >= 4 is 27.5 Å². The van der Waals surface area contributed by atoms with Crippen LogP contribution in [0.2, 0.25) is 0 Å². The maximum atomic E-state index is 13.4. The molecule has 1 unspecified atom stereocenters. The van der Waals surface area contributed by atoms with Gasteiger partial charge in [-0.25, -0.2) is 0 Å². The number of hydrogen-bond donors (Lipinski definition) is 0. The Hall–Kier alpha value is -3.20. The summed E-state index contributed by atoms with van der Waals surface area (Å²) in [5.41, 5.74) is 1.79. The highest BCUT2D eigenvalue weighted by molar-refractivity contribution is 6.05. The molecule has 0 spiro atoms. The van der Waals surface area contributed by atoms with Gasteiger partial charge in [-0.15, -0.1) is 0 Å². The molecule has 1 aliphatic heterocycles. The van der Waals surface area contributed by atoms with E-state index in [0.717, 1.165) is 30.2 Å². The van der Waals surface area contributed by atoms with Crippen LogP contribution in [-0.2, 0) is 0 Å². The molecule has 0 N–H and O–H groups in total. The molecule has 0 saturated carbocycles. The number of nitrogens with zero attached hydrogens (tertiary/aromatic N) is 2. The number of carbonyl (C=O) groups excluding carboxylic acids is 1. The molecule has 0 radical (unpaired) electrons. The third kappa shape index (κ3) is 2.67. The van der Waals surface area contributed by atoms with E-state index in [1.807, 2.05) is 35.2 Å². The van der Waals surface area contributed by atoms with Crippen molar-refractivity contribution in [2.45, 2.75) is 18.9 Å². The zero-order valence-electron chi connectivity index (χ0n) is 15.0. The molecule has 1 fully saturated rings. The van der Waals surface area contributed by atoms with Crippen LogP contribution in [-0.4, -0.2) is 22.3 Å². The van der Waals surface area contributed by atoms with Gasteiger partial charge in [0.25, 0.3) is 5.91 Å². The van der Waals surface area contributed by atoms with Gasteiger partial charge in [0.05, 0.1) is 6.04 Å². The number of fused-ring (bicyclic) bond motifs is 2. The van der Waals surface area contributed by atoms with E-state index < -0.39 is 0 Å². The number of benzene rings is 3. The van der Waals surface area contributed by atoms with Crippen LogP contribution in [0.25, 0.3) is 21.5 Å². The minimum absolute atomic E-state index is 0.0298. The maximum absolute atomic E-state index is 13.4. The predicted molar refractivity (Wildman–Crippen MR) is 109 cm³/mol. The smallest absolute Gasteiger partial charge is 0.273 e. The molecule has 3 heteroatoms. The van der Waals surface area contributed by atoms with Gasteiger partial charge in [-0.3, -0.25) is 9.78 Å². The molecule has 1 amide bonds. The van der Waals surface area contributed by atoms with Gasteiger partial charge in [0.2, 0.25) is 0 Å². The highest BCUT2D eigenvalue weighted by Gasteiger charge is 2.32. The third-order valence-corrected chi connectivity index (χ3v) is 5.57. The van der Waals surface area contributed by atoms with Gasteiger partial charge in [0.15, 0.2) is 0 Å². The first kappa shape index (κ1) is 16.0. The Balaban J connectivity index is 1.59. The van der Waals surface area contributed by atoms with Crippen molar-refractivity contribution in [2.24, 2.45) is 0 Å². The minimum Gasteiger partial charge on any atom is -0.330 e. The van der Waals surface area contributed by atoms with Gasteiger partial charge in [-0.2, -0.15) is 0 Å². The van der Waals surface area contributed by atoms with E-state index >= 15 is 0 Å². The third-order valence-electron chi connectivity index (χ3n) is 5.57. The Morgan fingerprint density at radius 3 is 2.41 bits per heavy atom. The SMILES string of the molecule is O=C(c1nccc2ccccc12)N1CCCC1c1cccc2ccccc12. The number of hydrogen-bond acceptors (Lipinski definition) is 2. The van der Waals surface area contributed by atoms with Crippen LogP contribution in [0.15, 0.2) is 79.0 Å². The molecule has 2 heterocycles. The number of aromatic nitrogens is 1. The van der Waals surface area contributed by atoms with Crippen LogP contribution in [0.3, 0.4) is 0 Å². The predicted octanol–water partition coefficient (Wildman–Crippen LogP) is 5.37. The Bertz CT molecular complexity index is 1140. The van der Waals surface area contributed by atoms with Crippen LogP contribution in [0.5, 0.6) is 0 Å². The number of likely N-dealkylation sites (tertiary alicyclic amines) is 1. The molecule has 0 aliphatic carbocycles. The first-order valence-electron chi connectivity index (χ1n) is 9.45. The van der Waals surface area contributed by atoms with Gasteiger partial charge in [-0.1, -0.05) is 66.7 Å². The molecular formula is C24H20N2O. The summed E-state index contributed by atoms with van der Waals surface area (Å²) in [4.78, 5) is 19.9. The van der Waals surface area contributed by atoms with Crippen molar-refractivity contribution in [3.05, 3.63) is 90.3 Å². The Morgan fingerprint density at radius 1 is 0.852 bits per heavy atom. The molecule has 3 aromatic carbocycles. The van der Waals surface area contributed by atoms with E-state index in [-0.39, 0.29) is 11.9 Å². The molecule has 1 saturated heterocycles. The summed E-state index contributed by atoms with van der Waals surface area (Å²) in [5, 5.41) is 4.43.